The first-order valence-corrected chi connectivity index (χ1v) is 5.72. The first-order valence-electron chi connectivity index (χ1n) is 5.72. The van der Waals surface area contributed by atoms with Crippen LogP contribution in [0, 0.1) is 5.92 Å². The molecular formula is C13H20O4. The van der Waals surface area contributed by atoms with Crippen molar-refractivity contribution in [1.29, 1.82) is 0 Å². The van der Waals surface area contributed by atoms with E-state index in [2.05, 4.69) is 0 Å². The van der Waals surface area contributed by atoms with E-state index in [0.717, 1.165) is 11.3 Å². The van der Waals surface area contributed by atoms with Crippen molar-refractivity contribution < 1.29 is 19.7 Å². The molecule has 0 heterocycles. The Balaban J connectivity index is 2.21. The zero-order valence-corrected chi connectivity index (χ0v) is 10.1. The van der Waals surface area contributed by atoms with Gasteiger partial charge in [-0.15, -0.1) is 0 Å². The number of hydrogen-bond donors (Lipinski definition) is 2. The average Bonchev–Trinajstić information content (AvgIpc) is 2.40. The number of hydrogen-bond acceptors (Lipinski definition) is 4. The lowest BCUT2D eigenvalue weighted by atomic mass is 10.1. The van der Waals surface area contributed by atoms with Gasteiger partial charge in [0.25, 0.3) is 0 Å². The Morgan fingerprint density at radius 3 is 2.29 bits per heavy atom. The molecule has 0 radical (unpaired) electrons. The lowest BCUT2D eigenvalue weighted by Gasteiger charge is -2.10. The second-order valence-electron chi connectivity index (χ2n) is 3.92. The third kappa shape index (κ3) is 5.17. The summed E-state index contributed by atoms with van der Waals surface area (Å²) in [6, 6.07) is 7.69. The number of aliphatic hydroxyl groups is 2. The van der Waals surface area contributed by atoms with Crippen LogP contribution in [0.2, 0.25) is 0 Å². The van der Waals surface area contributed by atoms with Gasteiger partial charge in [-0.25, -0.2) is 0 Å². The maximum absolute atomic E-state index is 8.87. The Hall–Kier alpha value is -1.10. The van der Waals surface area contributed by atoms with Crippen molar-refractivity contribution in [2.75, 3.05) is 26.9 Å². The maximum atomic E-state index is 8.87. The Labute approximate surface area is 102 Å². The average molecular weight is 240 g/mol. The molecule has 0 amide bonds. The Kier molecular flexibility index (Phi) is 6.62. The topological polar surface area (TPSA) is 58.9 Å². The van der Waals surface area contributed by atoms with Gasteiger partial charge in [-0.3, -0.25) is 0 Å². The first-order chi connectivity index (χ1) is 8.30. The molecule has 0 aliphatic carbocycles. The minimum absolute atomic E-state index is 0.00238. The summed E-state index contributed by atoms with van der Waals surface area (Å²) >= 11 is 0. The molecule has 0 fully saturated rings. The van der Waals surface area contributed by atoms with Crippen LogP contribution in [0.15, 0.2) is 24.3 Å². The van der Waals surface area contributed by atoms with Crippen LogP contribution in [0.25, 0.3) is 0 Å². The van der Waals surface area contributed by atoms with Crippen LogP contribution >= 0.6 is 0 Å². The van der Waals surface area contributed by atoms with Crippen molar-refractivity contribution in [2.24, 2.45) is 5.92 Å². The molecule has 4 heteroatoms. The molecule has 0 saturated carbocycles. The molecule has 4 nitrogen and oxygen atoms in total. The quantitative estimate of drug-likeness (QED) is 0.670. The third-order valence-electron chi connectivity index (χ3n) is 2.61. The molecular weight excluding hydrogens is 220 g/mol. The Morgan fingerprint density at radius 2 is 1.76 bits per heavy atom. The van der Waals surface area contributed by atoms with Crippen LogP contribution in [0.1, 0.15) is 12.0 Å². The van der Waals surface area contributed by atoms with Gasteiger partial charge in [0, 0.05) is 25.7 Å². The van der Waals surface area contributed by atoms with E-state index in [1.54, 1.807) is 7.11 Å². The zero-order chi connectivity index (χ0) is 12.5. The van der Waals surface area contributed by atoms with E-state index in [4.69, 9.17) is 19.7 Å². The maximum Gasteiger partial charge on any atom is 0.118 e. The van der Waals surface area contributed by atoms with Crippen LogP contribution in [0.4, 0.5) is 0 Å². The van der Waals surface area contributed by atoms with Crippen molar-refractivity contribution in [3.63, 3.8) is 0 Å². The predicted molar refractivity (Wildman–Crippen MR) is 64.9 cm³/mol. The predicted octanol–water partition coefficient (Wildman–Crippen LogP) is 1.20. The number of methoxy groups -OCH3 is 1. The highest BCUT2D eigenvalue weighted by molar-refractivity contribution is 5.26. The van der Waals surface area contributed by atoms with Gasteiger partial charge in [0.15, 0.2) is 0 Å². The second-order valence-corrected chi connectivity index (χ2v) is 3.92. The molecule has 0 aliphatic heterocycles. The minimum Gasteiger partial charge on any atom is -0.497 e. The second kappa shape index (κ2) is 8.06. The summed E-state index contributed by atoms with van der Waals surface area (Å²) in [6.45, 7) is 1.08. The molecule has 0 aromatic heterocycles. The summed E-state index contributed by atoms with van der Waals surface area (Å²) in [7, 11) is 1.63. The van der Waals surface area contributed by atoms with Crippen molar-refractivity contribution in [3.05, 3.63) is 29.8 Å². The third-order valence-corrected chi connectivity index (χ3v) is 2.61. The largest absolute Gasteiger partial charge is 0.497 e. The van der Waals surface area contributed by atoms with E-state index in [1.807, 2.05) is 24.3 Å². The van der Waals surface area contributed by atoms with E-state index in [0.29, 0.717) is 19.6 Å². The number of rotatable bonds is 8. The van der Waals surface area contributed by atoms with E-state index >= 15 is 0 Å². The highest BCUT2D eigenvalue weighted by Gasteiger charge is 2.05. The van der Waals surface area contributed by atoms with Gasteiger partial charge in [-0.2, -0.15) is 0 Å². The highest BCUT2D eigenvalue weighted by atomic mass is 16.5. The number of ether oxygens (including phenoxy) is 2. The lowest BCUT2D eigenvalue weighted by molar-refractivity contribution is 0.0761. The van der Waals surface area contributed by atoms with Crippen LogP contribution in [0.3, 0.4) is 0 Å². The van der Waals surface area contributed by atoms with E-state index in [9.17, 15) is 0 Å². The zero-order valence-electron chi connectivity index (χ0n) is 10.1. The molecule has 0 unspecified atom stereocenters. The molecule has 0 saturated heterocycles. The minimum atomic E-state index is -0.0779. The molecule has 0 atom stereocenters. The van der Waals surface area contributed by atoms with Crippen LogP contribution < -0.4 is 4.74 Å². The standard InChI is InChI=1S/C13H20O4/c1-16-13-4-2-11(3-5-13)10-17-7-6-12(8-14)9-15/h2-5,12,14-15H,6-10H2,1H3. The fourth-order valence-corrected chi connectivity index (χ4v) is 1.40. The van der Waals surface area contributed by atoms with Gasteiger partial charge in [0.2, 0.25) is 0 Å². The molecule has 1 aromatic carbocycles. The molecule has 96 valence electrons. The molecule has 1 aromatic rings. The summed E-state index contributed by atoms with van der Waals surface area (Å²) in [5.74, 6) is 0.750. The normalized spacial score (nSPS) is 10.8. The van der Waals surface area contributed by atoms with E-state index in [1.165, 1.54) is 0 Å². The molecule has 1 rings (SSSR count). The van der Waals surface area contributed by atoms with Crippen LogP contribution in [-0.4, -0.2) is 37.1 Å². The fourth-order valence-electron chi connectivity index (χ4n) is 1.40. The first kappa shape index (κ1) is 14.0. The van der Waals surface area contributed by atoms with Gasteiger partial charge >= 0.3 is 0 Å². The summed E-state index contributed by atoms with van der Waals surface area (Å²) in [6.07, 6.45) is 0.670. The van der Waals surface area contributed by atoms with Gasteiger partial charge < -0.3 is 19.7 Å². The molecule has 0 aliphatic rings. The summed E-state index contributed by atoms with van der Waals surface area (Å²) < 4.78 is 10.5. The Bertz CT molecular complexity index is 293. The van der Waals surface area contributed by atoms with Crippen LogP contribution in [0.5, 0.6) is 5.75 Å². The van der Waals surface area contributed by atoms with Gasteiger partial charge in [-0.1, -0.05) is 12.1 Å². The lowest BCUT2D eigenvalue weighted by Crippen LogP contribution is -2.13. The van der Waals surface area contributed by atoms with Crippen molar-refractivity contribution in [1.82, 2.24) is 0 Å². The smallest absolute Gasteiger partial charge is 0.118 e. The summed E-state index contributed by atoms with van der Waals surface area (Å²) in [5, 5.41) is 17.7. The van der Waals surface area contributed by atoms with Crippen molar-refractivity contribution >= 4 is 0 Å². The van der Waals surface area contributed by atoms with Gasteiger partial charge in [0.05, 0.1) is 13.7 Å². The highest BCUT2D eigenvalue weighted by Crippen LogP contribution is 2.12. The summed E-state index contributed by atoms with van der Waals surface area (Å²) in [4.78, 5) is 0. The molecule has 0 spiro atoms. The summed E-state index contributed by atoms with van der Waals surface area (Å²) in [5.41, 5.74) is 1.08. The van der Waals surface area contributed by atoms with Crippen molar-refractivity contribution in [3.8, 4) is 5.75 Å². The van der Waals surface area contributed by atoms with Crippen LogP contribution in [-0.2, 0) is 11.3 Å². The SMILES string of the molecule is COc1ccc(COCCC(CO)CO)cc1. The van der Waals surface area contributed by atoms with Gasteiger partial charge in [-0.05, 0) is 24.1 Å². The van der Waals surface area contributed by atoms with E-state index in [-0.39, 0.29) is 19.1 Å². The monoisotopic (exact) mass is 240 g/mol. The Morgan fingerprint density at radius 1 is 1.12 bits per heavy atom. The molecule has 2 N–H and O–H groups in total. The number of benzene rings is 1. The van der Waals surface area contributed by atoms with E-state index < -0.39 is 0 Å². The number of aliphatic hydroxyl groups excluding tert-OH is 2. The molecule has 17 heavy (non-hydrogen) atoms. The van der Waals surface area contributed by atoms with Crippen molar-refractivity contribution in [2.45, 2.75) is 13.0 Å². The molecule has 0 bridgehead atoms. The van der Waals surface area contributed by atoms with Gasteiger partial charge in [0.1, 0.15) is 5.75 Å². The fraction of sp³-hybridized carbons (Fsp3) is 0.538.